The van der Waals surface area contributed by atoms with Gasteiger partial charge in [0.15, 0.2) is 0 Å². The van der Waals surface area contributed by atoms with E-state index in [0.717, 1.165) is 87.8 Å². The van der Waals surface area contributed by atoms with Crippen LogP contribution in [0, 0.1) is 21.4 Å². The number of likely N-dealkylation sites (tertiary alicyclic amines) is 1. The number of carbonyl (C=O) groups is 4. The zero-order chi connectivity index (χ0) is 32.0. The lowest BCUT2D eigenvalue weighted by molar-refractivity contribution is -0.384. The lowest BCUT2D eigenvalue weighted by atomic mass is 9.71. The first-order valence-corrected chi connectivity index (χ1v) is 16.5. The van der Waals surface area contributed by atoms with E-state index >= 15 is 0 Å². The van der Waals surface area contributed by atoms with E-state index in [-0.39, 0.29) is 29.4 Å². The Morgan fingerprint density at radius 3 is 2.02 bits per heavy atom. The predicted octanol–water partition coefficient (Wildman–Crippen LogP) is 3.60. The molecule has 0 bridgehead atoms. The summed E-state index contributed by atoms with van der Waals surface area (Å²) in [5.41, 5.74) is 3.16. The molecule has 4 amide bonds. The third-order valence-corrected chi connectivity index (χ3v) is 11.1. The van der Waals surface area contributed by atoms with Gasteiger partial charge in [-0.1, -0.05) is 0 Å². The Morgan fingerprint density at radius 2 is 1.37 bits per heavy atom. The molecular formula is C34H40N6O6. The SMILES string of the molecule is O=C1CCC(N2C(=O)c3ccc(N4CCC(CN5CCC6(CC5)CCN(c5ccc([N+](=O)[O-])cc5)CC6)CC4)cc3C2=O)C(=O)N1. The number of hydrogen-bond donors (Lipinski definition) is 1. The highest BCUT2D eigenvalue weighted by Crippen LogP contribution is 2.43. The number of non-ortho nitro benzene ring substituents is 1. The Bertz CT molecular complexity index is 1550. The number of nitrogens with one attached hydrogen (secondary N) is 1. The molecule has 1 N–H and O–H groups in total. The lowest BCUT2D eigenvalue weighted by Crippen LogP contribution is -2.54. The van der Waals surface area contributed by atoms with Crippen molar-refractivity contribution in [3.05, 3.63) is 63.7 Å². The number of imide groups is 2. The zero-order valence-electron chi connectivity index (χ0n) is 26.0. The fourth-order valence-corrected chi connectivity index (χ4v) is 8.13. The van der Waals surface area contributed by atoms with E-state index in [1.165, 1.54) is 12.8 Å². The average molecular weight is 629 g/mol. The second-order valence-corrected chi connectivity index (χ2v) is 13.7. The van der Waals surface area contributed by atoms with Crippen molar-refractivity contribution in [3.8, 4) is 0 Å². The molecule has 7 rings (SSSR count). The normalized spacial score (nSPS) is 24.0. The highest BCUT2D eigenvalue weighted by atomic mass is 16.6. The van der Waals surface area contributed by atoms with Gasteiger partial charge in [0.2, 0.25) is 11.8 Å². The van der Waals surface area contributed by atoms with Crippen LogP contribution in [0.15, 0.2) is 42.5 Å². The van der Waals surface area contributed by atoms with Crippen LogP contribution in [0.4, 0.5) is 17.1 Å². The molecular weight excluding hydrogens is 588 g/mol. The third kappa shape index (κ3) is 5.74. The Balaban J connectivity index is 0.880. The summed E-state index contributed by atoms with van der Waals surface area (Å²) >= 11 is 0. The van der Waals surface area contributed by atoms with Crippen LogP contribution >= 0.6 is 0 Å². The van der Waals surface area contributed by atoms with Gasteiger partial charge in [0, 0.05) is 62.7 Å². The van der Waals surface area contributed by atoms with Crippen molar-refractivity contribution in [1.82, 2.24) is 15.1 Å². The second-order valence-electron chi connectivity index (χ2n) is 13.7. The van der Waals surface area contributed by atoms with Gasteiger partial charge in [-0.2, -0.15) is 0 Å². The first-order chi connectivity index (χ1) is 22.2. The van der Waals surface area contributed by atoms with Gasteiger partial charge in [-0.25, -0.2) is 0 Å². The van der Waals surface area contributed by atoms with Gasteiger partial charge in [-0.05, 0) is 99.7 Å². The van der Waals surface area contributed by atoms with E-state index in [9.17, 15) is 29.3 Å². The molecule has 0 saturated carbocycles. The van der Waals surface area contributed by atoms with Crippen LogP contribution in [-0.4, -0.2) is 90.2 Å². The number of carbonyl (C=O) groups excluding carboxylic acids is 4. The number of hydrogen-bond acceptors (Lipinski definition) is 9. The van der Waals surface area contributed by atoms with Crippen LogP contribution in [0.1, 0.15) is 72.1 Å². The van der Waals surface area contributed by atoms with Crippen molar-refractivity contribution in [1.29, 1.82) is 0 Å². The van der Waals surface area contributed by atoms with Gasteiger partial charge in [0.1, 0.15) is 6.04 Å². The molecule has 0 aromatic heterocycles. The van der Waals surface area contributed by atoms with Gasteiger partial charge < -0.3 is 14.7 Å². The number of nitro groups is 1. The van der Waals surface area contributed by atoms with Crippen molar-refractivity contribution in [2.75, 3.05) is 55.6 Å². The van der Waals surface area contributed by atoms with Gasteiger partial charge in [-0.3, -0.25) is 39.5 Å². The second kappa shape index (κ2) is 12.1. The standard InChI is InChI=1S/C34H40N6O6/c41-30-8-7-29(31(42)35-30)39-32(43)27-6-5-26(21-28(27)33(39)44)37-15-9-23(10-16-37)22-36-17-11-34(12-18-36)13-19-38(20-14-34)24-1-3-25(4-2-24)40(45)46/h1-6,21,23,29H,7-20,22H2,(H,35,41,42). The number of fused-ring (bicyclic) bond motifs is 1. The smallest absolute Gasteiger partial charge is 0.269 e. The fourth-order valence-electron chi connectivity index (χ4n) is 8.13. The summed E-state index contributed by atoms with van der Waals surface area (Å²) in [6.45, 7) is 7.13. The number of amides is 4. The Labute approximate surface area is 267 Å². The predicted molar refractivity (Wildman–Crippen MR) is 171 cm³/mol. The largest absolute Gasteiger partial charge is 0.371 e. The van der Waals surface area contributed by atoms with Crippen molar-refractivity contribution in [2.24, 2.45) is 11.3 Å². The number of anilines is 2. The van der Waals surface area contributed by atoms with Gasteiger partial charge in [-0.15, -0.1) is 0 Å². The molecule has 12 nitrogen and oxygen atoms in total. The molecule has 5 aliphatic rings. The minimum absolute atomic E-state index is 0.104. The summed E-state index contributed by atoms with van der Waals surface area (Å²) in [6, 6.07) is 11.4. The first-order valence-electron chi connectivity index (χ1n) is 16.5. The Kier molecular flexibility index (Phi) is 8.00. The summed E-state index contributed by atoms with van der Waals surface area (Å²) in [6.07, 6.45) is 7.16. The van der Waals surface area contributed by atoms with E-state index in [1.54, 1.807) is 24.3 Å². The van der Waals surface area contributed by atoms with Crippen LogP contribution in [0.5, 0.6) is 0 Å². The van der Waals surface area contributed by atoms with Crippen molar-refractivity contribution in [3.63, 3.8) is 0 Å². The average Bonchev–Trinajstić information content (AvgIpc) is 3.31. The third-order valence-electron chi connectivity index (χ3n) is 11.1. The van der Waals surface area contributed by atoms with Crippen molar-refractivity contribution in [2.45, 2.75) is 57.4 Å². The number of rotatable bonds is 6. The van der Waals surface area contributed by atoms with Crippen molar-refractivity contribution < 1.29 is 24.1 Å². The first kappa shape index (κ1) is 30.3. The van der Waals surface area contributed by atoms with Crippen LogP contribution in [0.3, 0.4) is 0 Å². The maximum atomic E-state index is 13.3. The molecule has 5 aliphatic heterocycles. The summed E-state index contributed by atoms with van der Waals surface area (Å²) in [5, 5.41) is 13.2. The molecule has 4 fully saturated rings. The number of nitrogens with zero attached hydrogens (tertiary/aromatic N) is 5. The van der Waals surface area contributed by atoms with E-state index in [0.29, 0.717) is 22.5 Å². The minimum atomic E-state index is -0.954. The molecule has 2 aromatic rings. The molecule has 1 atom stereocenters. The quantitative estimate of drug-likeness (QED) is 0.289. The fraction of sp³-hybridized carbons (Fsp3) is 0.529. The molecule has 0 aliphatic carbocycles. The molecule has 242 valence electrons. The monoisotopic (exact) mass is 628 g/mol. The summed E-state index contributed by atoms with van der Waals surface area (Å²) in [5.74, 6) is -1.30. The zero-order valence-corrected chi connectivity index (χ0v) is 26.0. The molecule has 0 radical (unpaired) electrons. The van der Waals surface area contributed by atoms with Gasteiger partial charge in [0.25, 0.3) is 17.5 Å². The molecule has 2 aromatic carbocycles. The molecule has 4 saturated heterocycles. The molecule has 1 unspecified atom stereocenters. The minimum Gasteiger partial charge on any atom is -0.371 e. The van der Waals surface area contributed by atoms with Crippen molar-refractivity contribution >= 4 is 40.7 Å². The Morgan fingerprint density at radius 1 is 0.761 bits per heavy atom. The number of nitro benzene ring substituents is 1. The summed E-state index contributed by atoms with van der Waals surface area (Å²) in [4.78, 5) is 69.2. The van der Waals surface area contributed by atoms with Crippen LogP contribution < -0.4 is 15.1 Å². The lowest BCUT2D eigenvalue weighted by Gasteiger charge is -2.48. The number of benzene rings is 2. The van der Waals surface area contributed by atoms with E-state index in [2.05, 4.69) is 20.0 Å². The van der Waals surface area contributed by atoms with Gasteiger partial charge >= 0.3 is 0 Å². The van der Waals surface area contributed by atoms with E-state index < -0.39 is 23.8 Å². The van der Waals surface area contributed by atoms with Gasteiger partial charge in [0.05, 0.1) is 16.1 Å². The maximum Gasteiger partial charge on any atom is 0.269 e. The molecule has 1 spiro atoms. The molecule has 46 heavy (non-hydrogen) atoms. The summed E-state index contributed by atoms with van der Waals surface area (Å²) in [7, 11) is 0. The molecule has 5 heterocycles. The van der Waals surface area contributed by atoms with Crippen LogP contribution in [0.25, 0.3) is 0 Å². The topological polar surface area (TPSA) is 136 Å². The molecule has 12 heteroatoms. The maximum absolute atomic E-state index is 13.3. The summed E-state index contributed by atoms with van der Waals surface area (Å²) < 4.78 is 0. The number of piperidine rings is 4. The highest BCUT2D eigenvalue weighted by Gasteiger charge is 2.45. The van der Waals surface area contributed by atoms with E-state index in [1.807, 2.05) is 18.2 Å². The van der Waals surface area contributed by atoms with Crippen LogP contribution in [0.2, 0.25) is 0 Å². The van der Waals surface area contributed by atoms with E-state index in [4.69, 9.17) is 0 Å². The van der Waals surface area contributed by atoms with Crippen LogP contribution in [-0.2, 0) is 9.59 Å². The Hall–Kier alpha value is -4.32. The highest BCUT2D eigenvalue weighted by molar-refractivity contribution is 6.23.